The van der Waals surface area contributed by atoms with Crippen molar-refractivity contribution in [2.75, 3.05) is 19.8 Å². The minimum absolute atomic E-state index is 0.171. The molecule has 0 aliphatic rings. The largest absolute Gasteiger partial charge is 0.529 e. The standard InChI is InChI=1S/C25H43O6P/c1-8-28-25(26)20-24(31-32(27,29-9-2)30-10-3)19-13-18-23(7)17-12-16-22(6)15-11-14-21(4)5/h14,16,18,20H,8-13,15,17,19H2,1-7H3. The first-order valence-corrected chi connectivity index (χ1v) is 13.0. The van der Waals surface area contributed by atoms with Gasteiger partial charge in [-0.3, -0.25) is 9.05 Å². The van der Waals surface area contributed by atoms with E-state index >= 15 is 0 Å². The third kappa shape index (κ3) is 16.1. The van der Waals surface area contributed by atoms with Crippen LogP contribution in [0.4, 0.5) is 0 Å². The zero-order valence-corrected chi connectivity index (χ0v) is 22.0. The summed E-state index contributed by atoms with van der Waals surface area (Å²) in [5.74, 6) is -0.316. The molecule has 6 nitrogen and oxygen atoms in total. The summed E-state index contributed by atoms with van der Waals surface area (Å²) in [4.78, 5) is 11.9. The van der Waals surface area contributed by atoms with Gasteiger partial charge in [0.2, 0.25) is 0 Å². The number of rotatable bonds is 17. The fraction of sp³-hybridized carbons (Fsp3) is 0.640. The second-order valence-electron chi connectivity index (χ2n) is 7.74. The molecule has 0 aromatic heterocycles. The number of hydrogen-bond acceptors (Lipinski definition) is 6. The first kappa shape index (κ1) is 30.4. The highest BCUT2D eigenvalue weighted by atomic mass is 31.2. The van der Waals surface area contributed by atoms with Gasteiger partial charge in [-0.15, -0.1) is 0 Å². The van der Waals surface area contributed by atoms with E-state index in [-0.39, 0.29) is 25.6 Å². The molecule has 0 radical (unpaired) electrons. The third-order valence-corrected chi connectivity index (χ3v) is 5.98. The van der Waals surface area contributed by atoms with Crippen LogP contribution < -0.4 is 0 Å². The van der Waals surface area contributed by atoms with Gasteiger partial charge in [0.1, 0.15) is 5.76 Å². The van der Waals surface area contributed by atoms with Crippen LogP contribution in [0.2, 0.25) is 0 Å². The Morgan fingerprint density at radius 3 is 1.72 bits per heavy atom. The summed E-state index contributed by atoms with van der Waals surface area (Å²) in [5.41, 5.74) is 4.02. The van der Waals surface area contributed by atoms with Gasteiger partial charge in [0, 0.05) is 6.42 Å². The summed E-state index contributed by atoms with van der Waals surface area (Å²) >= 11 is 0. The van der Waals surface area contributed by atoms with Gasteiger partial charge in [-0.1, -0.05) is 34.9 Å². The molecule has 32 heavy (non-hydrogen) atoms. The third-order valence-electron chi connectivity index (χ3n) is 4.38. The lowest BCUT2D eigenvalue weighted by Crippen LogP contribution is -2.05. The molecule has 184 valence electrons. The lowest BCUT2D eigenvalue weighted by atomic mass is 10.1. The number of esters is 1. The highest BCUT2D eigenvalue weighted by molar-refractivity contribution is 7.48. The Morgan fingerprint density at radius 1 is 0.750 bits per heavy atom. The maximum Gasteiger partial charge on any atom is 0.529 e. The van der Waals surface area contributed by atoms with Gasteiger partial charge < -0.3 is 9.26 Å². The number of carbonyl (C=O) groups is 1. The molecule has 0 saturated carbocycles. The highest BCUT2D eigenvalue weighted by Gasteiger charge is 2.28. The first-order valence-electron chi connectivity index (χ1n) is 11.6. The Bertz CT molecular complexity index is 704. The van der Waals surface area contributed by atoms with Crippen molar-refractivity contribution < 1.29 is 27.7 Å². The number of ether oxygens (including phenoxy) is 1. The maximum absolute atomic E-state index is 12.7. The van der Waals surface area contributed by atoms with Gasteiger partial charge in [0.05, 0.1) is 25.9 Å². The van der Waals surface area contributed by atoms with Crippen molar-refractivity contribution in [3.63, 3.8) is 0 Å². The lowest BCUT2D eigenvalue weighted by molar-refractivity contribution is -0.137. The Morgan fingerprint density at radius 2 is 1.25 bits per heavy atom. The number of hydrogen-bond donors (Lipinski definition) is 0. The highest BCUT2D eigenvalue weighted by Crippen LogP contribution is 2.51. The molecular formula is C25H43O6P. The molecule has 0 spiro atoms. The van der Waals surface area contributed by atoms with E-state index in [4.69, 9.17) is 18.3 Å². The fourth-order valence-electron chi connectivity index (χ4n) is 2.81. The summed E-state index contributed by atoms with van der Waals surface area (Å²) in [5, 5.41) is 0. The Kier molecular flexibility index (Phi) is 17.0. The van der Waals surface area contributed by atoms with Gasteiger partial charge in [0.25, 0.3) is 0 Å². The van der Waals surface area contributed by atoms with Crippen LogP contribution in [0.25, 0.3) is 0 Å². The topological polar surface area (TPSA) is 71.1 Å². The van der Waals surface area contributed by atoms with Crippen molar-refractivity contribution in [2.45, 2.75) is 87.0 Å². The molecule has 0 aliphatic carbocycles. The summed E-state index contributed by atoms with van der Waals surface area (Å²) in [6, 6.07) is 0. The molecule has 0 amide bonds. The van der Waals surface area contributed by atoms with E-state index in [1.54, 1.807) is 20.8 Å². The van der Waals surface area contributed by atoms with Gasteiger partial charge in [-0.05, 0) is 80.6 Å². The van der Waals surface area contributed by atoms with E-state index in [1.807, 2.05) is 0 Å². The van der Waals surface area contributed by atoms with Crippen LogP contribution in [0.3, 0.4) is 0 Å². The van der Waals surface area contributed by atoms with E-state index in [9.17, 15) is 9.36 Å². The fourth-order valence-corrected chi connectivity index (χ4v) is 4.05. The average Bonchev–Trinajstić information content (AvgIpc) is 2.68. The molecule has 0 unspecified atom stereocenters. The number of phosphoric acid groups is 1. The molecule has 0 bridgehead atoms. The summed E-state index contributed by atoms with van der Waals surface area (Å²) < 4.78 is 33.5. The van der Waals surface area contributed by atoms with E-state index in [1.165, 1.54) is 22.8 Å². The quantitative estimate of drug-likeness (QED) is 0.0709. The normalized spacial score (nSPS) is 13.2. The van der Waals surface area contributed by atoms with Crippen molar-refractivity contribution in [3.05, 3.63) is 46.8 Å². The minimum Gasteiger partial charge on any atom is -0.463 e. The van der Waals surface area contributed by atoms with E-state index in [0.717, 1.165) is 25.7 Å². The van der Waals surface area contributed by atoms with Crippen LogP contribution in [-0.2, 0) is 27.7 Å². The molecule has 0 rings (SSSR count). The summed E-state index contributed by atoms with van der Waals surface area (Å²) in [6.45, 7) is 14.2. The van der Waals surface area contributed by atoms with E-state index in [0.29, 0.717) is 12.8 Å². The lowest BCUT2D eigenvalue weighted by Gasteiger charge is -2.18. The van der Waals surface area contributed by atoms with Crippen LogP contribution in [0.5, 0.6) is 0 Å². The van der Waals surface area contributed by atoms with Crippen LogP contribution in [0.15, 0.2) is 46.8 Å². The molecule has 0 atom stereocenters. The van der Waals surface area contributed by atoms with Crippen LogP contribution in [-0.4, -0.2) is 25.8 Å². The smallest absolute Gasteiger partial charge is 0.463 e. The second-order valence-corrected chi connectivity index (χ2v) is 9.33. The van der Waals surface area contributed by atoms with Gasteiger partial charge in [-0.2, -0.15) is 0 Å². The molecule has 0 heterocycles. The first-order chi connectivity index (χ1) is 15.2. The van der Waals surface area contributed by atoms with Crippen LogP contribution in [0.1, 0.15) is 87.0 Å². The van der Waals surface area contributed by atoms with Crippen LogP contribution in [0, 0.1) is 0 Å². The van der Waals surface area contributed by atoms with Gasteiger partial charge >= 0.3 is 13.8 Å². The van der Waals surface area contributed by atoms with E-state index < -0.39 is 13.8 Å². The predicted molar refractivity (Wildman–Crippen MR) is 131 cm³/mol. The van der Waals surface area contributed by atoms with Crippen molar-refractivity contribution in [3.8, 4) is 0 Å². The second kappa shape index (κ2) is 17.9. The number of carbonyl (C=O) groups excluding carboxylic acids is 1. The summed E-state index contributed by atoms with van der Waals surface area (Å²) in [7, 11) is -3.77. The van der Waals surface area contributed by atoms with Crippen molar-refractivity contribution in [1.82, 2.24) is 0 Å². The predicted octanol–water partition coefficient (Wildman–Crippen LogP) is 7.83. The molecule has 0 fully saturated rings. The van der Waals surface area contributed by atoms with Crippen molar-refractivity contribution in [1.29, 1.82) is 0 Å². The monoisotopic (exact) mass is 470 g/mol. The number of allylic oxidation sites excluding steroid dienone is 7. The molecule has 0 N–H and O–H groups in total. The van der Waals surface area contributed by atoms with Crippen molar-refractivity contribution in [2.24, 2.45) is 0 Å². The summed E-state index contributed by atoms with van der Waals surface area (Å²) in [6.07, 6.45) is 13.1. The maximum atomic E-state index is 12.7. The van der Waals surface area contributed by atoms with Crippen molar-refractivity contribution >= 4 is 13.8 Å². The van der Waals surface area contributed by atoms with Gasteiger partial charge in [0.15, 0.2) is 0 Å². The van der Waals surface area contributed by atoms with Crippen LogP contribution >= 0.6 is 7.82 Å². The molecule has 7 heteroatoms. The Balaban J connectivity index is 4.91. The Hall–Kier alpha value is -1.62. The molecule has 0 aliphatic heterocycles. The Labute approximate surface area is 195 Å². The average molecular weight is 471 g/mol. The van der Waals surface area contributed by atoms with Gasteiger partial charge in [-0.25, -0.2) is 9.36 Å². The SMILES string of the molecule is CCOC(=O)C=C(CCC=C(C)CCC=C(C)CCC=C(C)C)OP(=O)(OCC)OCC. The molecular weight excluding hydrogens is 427 g/mol. The molecule has 0 aromatic carbocycles. The molecule has 0 saturated heterocycles. The minimum atomic E-state index is -3.77. The molecule has 0 aromatic rings. The van der Waals surface area contributed by atoms with E-state index in [2.05, 4.69) is 45.9 Å². The zero-order valence-electron chi connectivity index (χ0n) is 21.1. The number of phosphoric ester groups is 1. The zero-order chi connectivity index (χ0) is 24.4.